The van der Waals surface area contributed by atoms with Crippen LogP contribution in [0, 0.1) is 5.92 Å². The Kier molecular flexibility index (Phi) is 4.96. The number of rotatable bonds is 5. The van der Waals surface area contributed by atoms with E-state index in [1.807, 2.05) is 13.8 Å². The van der Waals surface area contributed by atoms with Gasteiger partial charge in [-0.25, -0.2) is 0 Å². The number of hydrogen-bond acceptors (Lipinski definition) is 3. The van der Waals surface area contributed by atoms with Crippen LogP contribution in [-0.4, -0.2) is 35.0 Å². The third-order valence-electron chi connectivity index (χ3n) is 2.01. The van der Waals surface area contributed by atoms with Crippen molar-refractivity contribution >= 4 is 34.8 Å². The molecule has 0 aliphatic heterocycles. The van der Waals surface area contributed by atoms with E-state index in [9.17, 15) is 9.59 Å². The maximum absolute atomic E-state index is 12.1. The molecule has 0 spiro atoms. The van der Waals surface area contributed by atoms with Crippen LogP contribution in [-0.2, 0) is 4.79 Å². The van der Waals surface area contributed by atoms with Gasteiger partial charge >= 0.3 is 5.97 Å². The molecule has 17 heavy (non-hydrogen) atoms. The highest BCUT2D eigenvalue weighted by Crippen LogP contribution is 2.23. The van der Waals surface area contributed by atoms with Gasteiger partial charge in [-0.1, -0.05) is 25.4 Å². The first-order valence-corrected chi connectivity index (χ1v) is 6.41. The molecule has 6 heteroatoms. The average Bonchev–Trinajstić information content (AvgIpc) is 2.61. The summed E-state index contributed by atoms with van der Waals surface area (Å²) in [7, 11) is 0. The molecule has 4 nitrogen and oxygen atoms in total. The maximum atomic E-state index is 12.1. The molecule has 1 heterocycles. The van der Waals surface area contributed by atoms with Gasteiger partial charge in [-0.2, -0.15) is 0 Å². The van der Waals surface area contributed by atoms with Gasteiger partial charge in [0, 0.05) is 6.54 Å². The Morgan fingerprint density at radius 2 is 2.18 bits per heavy atom. The van der Waals surface area contributed by atoms with Gasteiger partial charge in [0.15, 0.2) is 0 Å². The highest BCUT2D eigenvalue weighted by Gasteiger charge is 2.22. The number of carboxylic acids is 1. The minimum Gasteiger partial charge on any atom is -0.480 e. The van der Waals surface area contributed by atoms with Gasteiger partial charge in [-0.3, -0.25) is 9.59 Å². The molecule has 1 N–H and O–H groups in total. The molecule has 0 fully saturated rings. The standard InChI is InChI=1S/C11H14ClNO3S/c1-7(2)5-13(6-9(14)15)11(16)10-8(12)3-4-17-10/h3-4,7H,5-6H2,1-2H3,(H,14,15). The summed E-state index contributed by atoms with van der Waals surface area (Å²) in [6.45, 7) is 3.96. The normalized spacial score (nSPS) is 10.6. The van der Waals surface area contributed by atoms with E-state index in [0.717, 1.165) is 0 Å². The Labute approximate surface area is 109 Å². The average molecular weight is 276 g/mol. The molecule has 0 saturated heterocycles. The van der Waals surface area contributed by atoms with Crippen molar-refractivity contribution in [1.82, 2.24) is 4.90 Å². The highest BCUT2D eigenvalue weighted by atomic mass is 35.5. The van der Waals surface area contributed by atoms with Crippen molar-refractivity contribution in [2.75, 3.05) is 13.1 Å². The molecular weight excluding hydrogens is 262 g/mol. The van der Waals surface area contributed by atoms with Crippen molar-refractivity contribution in [1.29, 1.82) is 0 Å². The lowest BCUT2D eigenvalue weighted by Gasteiger charge is -2.22. The van der Waals surface area contributed by atoms with E-state index < -0.39 is 5.97 Å². The van der Waals surface area contributed by atoms with Crippen molar-refractivity contribution in [3.63, 3.8) is 0 Å². The summed E-state index contributed by atoms with van der Waals surface area (Å²) in [6, 6.07) is 1.63. The van der Waals surface area contributed by atoms with Gasteiger partial charge in [0.25, 0.3) is 5.91 Å². The lowest BCUT2D eigenvalue weighted by atomic mass is 10.2. The van der Waals surface area contributed by atoms with Gasteiger partial charge in [-0.05, 0) is 17.4 Å². The molecule has 1 amide bonds. The van der Waals surface area contributed by atoms with E-state index in [0.29, 0.717) is 16.4 Å². The summed E-state index contributed by atoms with van der Waals surface area (Å²) in [5.74, 6) is -1.13. The van der Waals surface area contributed by atoms with Crippen molar-refractivity contribution in [2.24, 2.45) is 5.92 Å². The van der Waals surface area contributed by atoms with Crippen LogP contribution in [0.4, 0.5) is 0 Å². The monoisotopic (exact) mass is 275 g/mol. The van der Waals surface area contributed by atoms with Gasteiger partial charge in [0.05, 0.1) is 5.02 Å². The molecule has 0 saturated carbocycles. The van der Waals surface area contributed by atoms with Gasteiger partial charge < -0.3 is 10.0 Å². The first kappa shape index (κ1) is 14.0. The molecule has 0 radical (unpaired) electrons. The fraction of sp³-hybridized carbons (Fsp3) is 0.455. The number of aliphatic carboxylic acids is 1. The Morgan fingerprint density at radius 1 is 1.53 bits per heavy atom. The second kappa shape index (κ2) is 6.02. The van der Waals surface area contributed by atoms with Crippen LogP contribution < -0.4 is 0 Å². The molecule has 0 unspecified atom stereocenters. The van der Waals surface area contributed by atoms with Crippen molar-refractivity contribution in [2.45, 2.75) is 13.8 Å². The largest absolute Gasteiger partial charge is 0.480 e. The topological polar surface area (TPSA) is 57.6 Å². The van der Waals surface area contributed by atoms with E-state index in [2.05, 4.69) is 0 Å². The summed E-state index contributed by atoms with van der Waals surface area (Å²) in [4.78, 5) is 24.5. The fourth-order valence-electron chi connectivity index (χ4n) is 1.41. The Hall–Kier alpha value is -1.07. The fourth-order valence-corrected chi connectivity index (χ4v) is 2.52. The molecular formula is C11H14ClNO3S. The molecule has 0 atom stereocenters. The van der Waals surface area contributed by atoms with Crippen molar-refractivity contribution in [3.8, 4) is 0 Å². The molecule has 0 aromatic carbocycles. The van der Waals surface area contributed by atoms with Crippen LogP contribution >= 0.6 is 22.9 Å². The first-order chi connectivity index (χ1) is 7.91. The van der Waals surface area contributed by atoms with Crippen molar-refractivity contribution in [3.05, 3.63) is 21.3 Å². The Balaban J connectivity index is 2.86. The van der Waals surface area contributed by atoms with Gasteiger partial charge in [0.2, 0.25) is 0 Å². The molecule has 0 bridgehead atoms. The van der Waals surface area contributed by atoms with Crippen LogP contribution in [0.15, 0.2) is 11.4 Å². The second-order valence-corrected chi connectivity index (χ2v) is 5.39. The third kappa shape index (κ3) is 4.02. The summed E-state index contributed by atoms with van der Waals surface area (Å²) >= 11 is 7.09. The summed E-state index contributed by atoms with van der Waals surface area (Å²) in [5.41, 5.74) is 0. The van der Waals surface area contributed by atoms with Gasteiger partial charge in [-0.15, -0.1) is 11.3 Å². The number of amides is 1. The number of carbonyl (C=O) groups excluding carboxylic acids is 1. The van der Waals surface area contributed by atoms with Crippen LogP contribution in [0.1, 0.15) is 23.5 Å². The van der Waals surface area contributed by atoms with E-state index in [1.54, 1.807) is 11.4 Å². The summed E-state index contributed by atoms with van der Waals surface area (Å²) in [6.07, 6.45) is 0. The third-order valence-corrected chi connectivity index (χ3v) is 3.34. The van der Waals surface area contributed by atoms with Gasteiger partial charge in [0.1, 0.15) is 11.4 Å². The number of halogens is 1. The summed E-state index contributed by atoms with van der Waals surface area (Å²) in [5, 5.41) is 10.9. The highest BCUT2D eigenvalue weighted by molar-refractivity contribution is 7.12. The summed E-state index contributed by atoms with van der Waals surface area (Å²) < 4.78 is 0. The predicted molar refractivity (Wildman–Crippen MR) is 67.7 cm³/mol. The first-order valence-electron chi connectivity index (χ1n) is 5.16. The minimum atomic E-state index is -1.02. The zero-order chi connectivity index (χ0) is 13.0. The minimum absolute atomic E-state index is 0.206. The molecule has 0 aliphatic carbocycles. The van der Waals surface area contributed by atoms with Crippen molar-refractivity contribution < 1.29 is 14.7 Å². The van der Waals surface area contributed by atoms with Crippen LogP contribution in [0.5, 0.6) is 0 Å². The smallest absolute Gasteiger partial charge is 0.323 e. The molecule has 1 rings (SSSR count). The lowest BCUT2D eigenvalue weighted by Crippen LogP contribution is -2.38. The van der Waals surface area contributed by atoms with E-state index >= 15 is 0 Å². The second-order valence-electron chi connectivity index (χ2n) is 4.07. The zero-order valence-electron chi connectivity index (χ0n) is 9.64. The number of carbonyl (C=O) groups is 2. The van der Waals surface area contributed by atoms with Crippen LogP contribution in [0.2, 0.25) is 5.02 Å². The maximum Gasteiger partial charge on any atom is 0.323 e. The number of thiophene rings is 1. The molecule has 94 valence electrons. The SMILES string of the molecule is CC(C)CN(CC(=O)O)C(=O)c1sccc1Cl. The lowest BCUT2D eigenvalue weighted by molar-refractivity contribution is -0.137. The molecule has 0 aliphatic rings. The Bertz CT molecular complexity index is 417. The Morgan fingerprint density at radius 3 is 2.59 bits per heavy atom. The number of nitrogens with zero attached hydrogens (tertiary/aromatic N) is 1. The van der Waals surface area contributed by atoms with E-state index in [1.165, 1.54) is 16.2 Å². The molecule has 1 aromatic heterocycles. The van der Waals surface area contributed by atoms with Crippen LogP contribution in [0.25, 0.3) is 0 Å². The zero-order valence-corrected chi connectivity index (χ0v) is 11.2. The van der Waals surface area contributed by atoms with Crippen LogP contribution in [0.3, 0.4) is 0 Å². The quantitative estimate of drug-likeness (QED) is 0.899. The number of carboxylic acid groups (broad SMARTS) is 1. The predicted octanol–water partition coefficient (Wildman–Crippen LogP) is 2.58. The van der Waals surface area contributed by atoms with E-state index in [-0.39, 0.29) is 18.4 Å². The number of hydrogen-bond donors (Lipinski definition) is 1. The van der Waals surface area contributed by atoms with E-state index in [4.69, 9.17) is 16.7 Å². The molecule has 1 aromatic rings.